The average molecular weight is 263 g/mol. The molecular weight excluding hydrogens is 238 g/mol. The lowest BCUT2D eigenvalue weighted by molar-refractivity contribution is 0.213. The molecule has 1 fully saturated rings. The Morgan fingerprint density at radius 1 is 1.38 bits per heavy atom. The quantitative estimate of drug-likeness (QED) is 0.654. The largest absolute Gasteiger partial charge is 0.384 e. The predicted octanol–water partition coefficient (Wildman–Crippen LogP) is 2.58. The Morgan fingerprint density at radius 3 is 2.94 bits per heavy atom. The molecule has 0 radical (unpaired) electrons. The van der Waals surface area contributed by atoms with Crippen molar-refractivity contribution in [3.63, 3.8) is 0 Å². The van der Waals surface area contributed by atoms with Gasteiger partial charge in [-0.15, -0.1) is 0 Å². The van der Waals surface area contributed by atoms with Crippen LogP contribution in [-0.2, 0) is 4.74 Å². The third-order valence-corrected chi connectivity index (χ3v) is 5.55. The van der Waals surface area contributed by atoms with E-state index in [-0.39, 0.29) is 0 Å². The predicted molar refractivity (Wildman–Crippen MR) is 76.8 cm³/mol. The van der Waals surface area contributed by atoms with Crippen LogP contribution in [0.5, 0.6) is 0 Å². The Hall–Kier alpha value is 0.620. The van der Waals surface area contributed by atoms with E-state index in [1.165, 1.54) is 31.0 Å². The molecule has 16 heavy (non-hydrogen) atoms. The minimum atomic E-state index is 0.753. The highest BCUT2D eigenvalue weighted by molar-refractivity contribution is 8.00. The summed E-state index contributed by atoms with van der Waals surface area (Å²) in [4.78, 5) is 2.65. The molecule has 0 spiro atoms. The minimum absolute atomic E-state index is 0.753. The highest BCUT2D eigenvalue weighted by atomic mass is 32.2. The minimum Gasteiger partial charge on any atom is -0.384 e. The fourth-order valence-corrected chi connectivity index (χ4v) is 3.91. The number of methoxy groups -OCH3 is 1. The zero-order valence-corrected chi connectivity index (χ0v) is 12.4. The zero-order chi connectivity index (χ0) is 11.8. The van der Waals surface area contributed by atoms with Crippen LogP contribution in [0.3, 0.4) is 0 Å². The molecule has 0 aromatic carbocycles. The van der Waals surface area contributed by atoms with Crippen molar-refractivity contribution in [1.29, 1.82) is 0 Å². The summed E-state index contributed by atoms with van der Waals surface area (Å²) in [5.74, 6) is 3.72. The molecule has 0 N–H and O–H groups in total. The molecule has 96 valence electrons. The third-order valence-electron chi connectivity index (χ3n) is 3.18. The monoisotopic (exact) mass is 263 g/mol. The molecule has 0 saturated carbocycles. The second-order valence-corrected chi connectivity index (χ2v) is 7.02. The first-order valence-corrected chi connectivity index (χ1v) is 8.38. The summed E-state index contributed by atoms with van der Waals surface area (Å²) < 4.78 is 5.04. The van der Waals surface area contributed by atoms with Crippen LogP contribution in [0.4, 0.5) is 0 Å². The van der Waals surface area contributed by atoms with Gasteiger partial charge in [-0.3, -0.25) is 4.90 Å². The van der Waals surface area contributed by atoms with Gasteiger partial charge < -0.3 is 4.74 Å². The number of nitrogens with zero attached hydrogens (tertiary/aromatic N) is 1. The molecular formula is C12H25NOS2. The molecule has 1 saturated heterocycles. The van der Waals surface area contributed by atoms with E-state index in [0.29, 0.717) is 0 Å². The summed E-state index contributed by atoms with van der Waals surface area (Å²) in [5, 5.41) is 0.801. The van der Waals surface area contributed by atoms with Gasteiger partial charge in [0.2, 0.25) is 0 Å². The SMILES string of the molecule is COCCSCCCN1CCSC(C)C1C. The lowest BCUT2D eigenvalue weighted by atomic mass is 10.2. The maximum atomic E-state index is 5.04. The Balaban J connectivity index is 2.03. The van der Waals surface area contributed by atoms with Gasteiger partial charge in [0.05, 0.1) is 6.61 Å². The summed E-state index contributed by atoms with van der Waals surface area (Å²) in [6, 6.07) is 0.753. The second-order valence-electron chi connectivity index (χ2n) is 4.31. The summed E-state index contributed by atoms with van der Waals surface area (Å²) in [6.45, 7) is 8.16. The van der Waals surface area contributed by atoms with E-state index in [2.05, 4.69) is 30.5 Å². The summed E-state index contributed by atoms with van der Waals surface area (Å²) in [6.07, 6.45) is 1.32. The molecule has 0 bridgehead atoms. The van der Waals surface area contributed by atoms with Crippen molar-refractivity contribution >= 4 is 23.5 Å². The Morgan fingerprint density at radius 2 is 2.19 bits per heavy atom. The zero-order valence-electron chi connectivity index (χ0n) is 10.8. The van der Waals surface area contributed by atoms with Crippen molar-refractivity contribution < 1.29 is 4.74 Å². The normalized spacial score (nSPS) is 27.2. The van der Waals surface area contributed by atoms with Crippen molar-refractivity contribution in [1.82, 2.24) is 4.90 Å². The molecule has 1 heterocycles. The van der Waals surface area contributed by atoms with Gasteiger partial charge in [-0.25, -0.2) is 0 Å². The van der Waals surface area contributed by atoms with Crippen molar-refractivity contribution in [2.24, 2.45) is 0 Å². The Bertz CT molecular complexity index is 180. The maximum absolute atomic E-state index is 5.04. The van der Waals surface area contributed by atoms with E-state index >= 15 is 0 Å². The van der Waals surface area contributed by atoms with Crippen LogP contribution in [0.1, 0.15) is 20.3 Å². The maximum Gasteiger partial charge on any atom is 0.0552 e. The molecule has 1 rings (SSSR count). The van der Waals surface area contributed by atoms with Crippen LogP contribution in [0, 0.1) is 0 Å². The Kier molecular flexibility index (Phi) is 7.96. The van der Waals surface area contributed by atoms with Gasteiger partial charge in [-0.05, 0) is 25.6 Å². The van der Waals surface area contributed by atoms with Gasteiger partial charge in [0, 0.05) is 36.5 Å². The lowest BCUT2D eigenvalue weighted by Crippen LogP contribution is -2.45. The first-order chi connectivity index (χ1) is 7.75. The van der Waals surface area contributed by atoms with Gasteiger partial charge >= 0.3 is 0 Å². The topological polar surface area (TPSA) is 12.5 Å². The second kappa shape index (κ2) is 8.67. The fourth-order valence-electron chi connectivity index (χ4n) is 1.93. The standard InChI is InChI=1S/C12H25NOS2/c1-11-12(2)16-9-6-13(11)5-4-8-15-10-7-14-3/h11-12H,4-10H2,1-3H3. The molecule has 0 aromatic rings. The van der Waals surface area contributed by atoms with E-state index in [1.54, 1.807) is 7.11 Å². The van der Waals surface area contributed by atoms with Crippen molar-refractivity contribution in [2.75, 3.05) is 44.1 Å². The smallest absolute Gasteiger partial charge is 0.0552 e. The van der Waals surface area contributed by atoms with E-state index in [4.69, 9.17) is 4.74 Å². The van der Waals surface area contributed by atoms with Crippen molar-refractivity contribution in [2.45, 2.75) is 31.6 Å². The van der Waals surface area contributed by atoms with E-state index in [1.807, 2.05) is 11.8 Å². The van der Waals surface area contributed by atoms with Crippen LogP contribution in [0.2, 0.25) is 0 Å². The summed E-state index contributed by atoms with van der Waals surface area (Å²) in [5.41, 5.74) is 0. The van der Waals surface area contributed by atoms with Gasteiger partial charge in [-0.1, -0.05) is 6.92 Å². The molecule has 2 unspecified atom stereocenters. The van der Waals surface area contributed by atoms with Crippen molar-refractivity contribution in [3.8, 4) is 0 Å². The van der Waals surface area contributed by atoms with Crippen LogP contribution in [0.15, 0.2) is 0 Å². The van der Waals surface area contributed by atoms with Gasteiger partial charge in [0.15, 0.2) is 0 Å². The van der Waals surface area contributed by atoms with Gasteiger partial charge in [-0.2, -0.15) is 23.5 Å². The van der Waals surface area contributed by atoms with Crippen LogP contribution in [-0.4, -0.2) is 60.3 Å². The molecule has 0 amide bonds. The highest BCUT2D eigenvalue weighted by Crippen LogP contribution is 2.24. The van der Waals surface area contributed by atoms with E-state index in [0.717, 1.165) is 23.7 Å². The number of hydrogen-bond acceptors (Lipinski definition) is 4. The first kappa shape index (κ1) is 14.7. The highest BCUT2D eigenvalue weighted by Gasteiger charge is 2.24. The third kappa shape index (κ3) is 5.30. The van der Waals surface area contributed by atoms with Gasteiger partial charge in [0.25, 0.3) is 0 Å². The lowest BCUT2D eigenvalue weighted by Gasteiger charge is -2.37. The molecule has 0 aromatic heterocycles. The molecule has 1 aliphatic rings. The van der Waals surface area contributed by atoms with Crippen LogP contribution < -0.4 is 0 Å². The average Bonchev–Trinajstić information content (AvgIpc) is 2.29. The molecule has 0 aliphatic carbocycles. The van der Waals surface area contributed by atoms with Crippen LogP contribution >= 0.6 is 23.5 Å². The number of hydrogen-bond donors (Lipinski definition) is 0. The molecule has 4 heteroatoms. The molecule has 2 nitrogen and oxygen atoms in total. The van der Waals surface area contributed by atoms with E-state index < -0.39 is 0 Å². The Labute approximate surface area is 109 Å². The van der Waals surface area contributed by atoms with Crippen LogP contribution in [0.25, 0.3) is 0 Å². The van der Waals surface area contributed by atoms with Crippen molar-refractivity contribution in [3.05, 3.63) is 0 Å². The van der Waals surface area contributed by atoms with E-state index in [9.17, 15) is 0 Å². The number of rotatable bonds is 7. The number of thioether (sulfide) groups is 2. The summed E-state index contributed by atoms with van der Waals surface area (Å²) >= 11 is 4.13. The molecule has 2 atom stereocenters. The van der Waals surface area contributed by atoms with Gasteiger partial charge in [0.1, 0.15) is 0 Å². The first-order valence-electron chi connectivity index (χ1n) is 6.18. The fraction of sp³-hybridized carbons (Fsp3) is 1.00. The number of ether oxygens (including phenoxy) is 1. The molecule has 1 aliphatic heterocycles. The summed E-state index contributed by atoms with van der Waals surface area (Å²) in [7, 11) is 1.77.